The highest BCUT2D eigenvalue weighted by Crippen LogP contribution is 2.45. The first-order valence-electron chi connectivity index (χ1n) is 11.5. The molecule has 0 amide bonds. The monoisotopic (exact) mass is 511 g/mol. The number of aromatic nitrogens is 3. The Morgan fingerprint density at radius 1 is 1.20 bits per heavy atom. The van der Waals surface area contributed by atoms with Gasteiger partial charge in [0.15, 0.2) is 9.84 Å². The van der Waals surface area contributed by atoms with E-state index < -0.39 is 15.8 Å². The second kappa shape index (κ2) is 9.17. The topological polar surface area (TPSA) is 94.1 Å². The average Bonchev–Trinajstić information content (AvgIpc) is 3.48. The first-order chi connectivity index (χ1) is 16.7. The van der Waals surface area contributed by atoms with Crippen molar-refractivity contribution in [3.63, 3.8) is 0 Å². The van der Waals surface area contributed by atoms with E-state index in [1.54, 1.807) is 25.1 Å². The summed E-state index contributed by atoms with van der Waals surface area (Å²) in [5.74, 6) is -0.240. The Morgan fingerprint density at radius 2 is 1.94 bits per heavy atom. The third kappa shape index (κ3) is 4.86. The lowest BCUT2D eigenvalue weighted by Crippen LogP contribution is -2.09. The van der Waals surface area contributed by atoms with Crippen LogP contribution in [-0.4, -0.2) is 42.0 Å². The number of nitrogens with zero attached hydrogens (tertiary/aromatic N) is 2. The zero-order valence-corrected chi connectivity index (χ0v) is 21.1. The molecule has 1 fully saturated rings. The summed E-state index contributed by atoms with van der Waals surface area (Å²) in [5.41, 5.74) is 5.85. The molecular formula is C26H26ClN3O4S. The third-order valence-corrected chi connectivity index (χ3v) is 7.29. The van der Waals surface area contributed by atoms with Crippen LogP contribution in [0.1, 0.15) is 53.0 Å². The number of halogens is 1. The number of benzene rings is 2. The minimum Gasteiger partial charge on any atom is -0.461 e. The van der Waals surface area contributed by atoms with Crippen LogP contribution in [0.5, 0.6) is 0 Å². The van der Waals surface area contributed by atoms with Gasteiger partial charge in [-0.3, -0.25) is 4.68 Å². The summed E-state index contributed by atoms with van der Waals surface area (Å²) in [6.45, 7) is 2.63. The Hall–Kier alpha value is -3.10. The fourth-order valence-electron chi connectivity index (χ4n) is 4.47. The SMILES string of the molecule is CCOC(=O)c1[nH]c2c(C3CC3)n(Cc3ccccc3)nc2c1-c1ccc(CS(C)(=O)=O)c(Cl)c1. The second-order valence-electron chi connectivity index (χ2n) is 9.00. The number of rotatable bonds is 8. The molecule has 1 aliphatic carbocycles. The largest absolute Gasteiger partial charge is 0.461 e. The van der Waals surface area contributed by atoms with Gasteiger partial charge in [-0.15, -0.1) is 0 Å². The quantitative estimate of drug-likeness (QED) is 0.322. The highest BCUT2D eigenvalue weighted by Gasteiger charge is 2.34. The average molecular weight is 512 g/mol. The van der Waals surface area contributed by atoms with E-state index in [0.717, 1.165) is 29.6 Å². The Bertz CT molecular complexity index is 1520. The van der Waals surface area contributed by atoms with Gasteiger partial charge in [-0.2, -0.15) is 5.10 Å². The molecule has 2 heterocycles. The van der Waals surface area contributed by atoms with E-state index in [-0.39, 0.29) is 12.4 Å². The number of ether oxygens (including phenoxy) is 1. The van der Waals surface area contributed by atoms with Gasteiger partial charge >= 0.3 is 5.97 Å². The Labute approximate surface area is 209 Å². The lowest BCUT2D eigenvalue weighted by Gasteiger charge is -2.09. The van der Waals surface area contributed by atoms with Crippen molar-refractivity contribution in [1.29, 1.82) is 0 Å². The summed E-state index contributed by atoms with van der Waals surface area (Å²) in [6.07, 6.45) is 3.32. The van der Waals surface area contributed by atoms with Crippen molar-refractivity contribution >= 4 is 38.4 Å². The molecule has 1 saturated carbocycles. The van der Waals surface area contributed by atoms with Gasteiger partial charge < -0.3 is 9.72 Å². The molecule has 0 saturated heterocycles. The van der Waals surface area contributed by atoms with E-state index >= 15 is 0 Å². The predicted octanol–water partition coefficient (Wildman–Crippen LogP) is 5.33. The molecule has 9 heteroatoms. The van der Waals surface area contributed by atoms with Crippen LogP contribution in [0.4, 0.5) is 0 Å². The Morgan fingerprint density at radius 3 is 2.57 bits per heavy atom. The lowest BCUT2D eigenvalue weighted by molar-refractivity contribution is 0.0521. The summed E-state index contributed by atoms with van der Waals surface area (Å²) >= 11 is 6.48. The van der Waals surface area contributed by atoms with Crippen molar-refractivity contribution in [1.82, 2.24) is 14.8 Å². The standard InChI is InChI=1S/C26H26ClN3O4S/c1-3-34-26(31)23-21(18-11-12-19(20(27)13-18)15-35(2,32)33)22-24(28-23)25(17-9-10-17)30(29-22)14-16-7-5-4-6-8-16/h4-8,11-13,17,28H,3,9-10,14-15H2,1-2H3. The normalized spacial score (nSPS) is 13.9. The fraction of sp³-hybridized carbons (Fsp3) is 0.308. The smallest absolute Gasteiger partial charge is 0.355 e. The van der Waals surface area contributed by atoms with Crippen molar-refractivity contribution in [2.45, 2.75) is 38.0 Å². The summed E-state index contributed by atoms with van der Waals surface area (Å²) in [5, 5.41) is 5.28. The zero-order chi connectivity index (χ0) is 24.7. The number of sulfone groups is 1. The number of H-pyrrole nitrogens is 1. The first kappa shape index (κ1) is 23.6. The molecule has 5 rings (SSSR count). The Kier molecular flexibility index (Phi) is 6.19. The molecule has 0 spiro atoms. The minimum absolute atomic E-state index is 0.156. The van der Waals surface area contributed by atoms with Crippen molar-refractivity contribution < 1.29 is 17.9 Å². The Balaban J connectivity index is 1.68. The molecule has 0 bridgehead atoms. The number of fused-ring (bicyclic) bond motifs is 1. The first-order valence-corrected chi connectivity index (χ1v) is 14.0. The maximum Gasteiger partial charge on any atom is 0.355 e. The van der Waals surface area contributed by atoms with E-state index in [1.165, 1.54) is 6.26 Å². The van der Waals surface area contributed by atoms with Crippen molar-refractivity contribution in [3.05, 3.63) is 76.1 Å². The molecule has 0 unspecified atom stereocenters. The van der Waals surface area contributed by atoms with Crippen molar-refractivity contribution in [2.24, 2.45) is 0 Å². The number of carbonyl (C=O) groups excluding carboxylic acids is 1. The van der Waals surface area contributed by atoms with Gasteiger partial charge in [0.25, 0.3) is 0 Å². The second-order valence-corrected chi connectivity index (χ2v) is 11.5. The van der Waals surface area contributed by atoms with Crippen LogP contribution >= 0.6 is 11.6 Å². The summed E-state index contributed by atoms with van der Waals surface area (Å²) in [6, 6.07) is 15.3. The molecule has 0 aliphatic heterocycles. The highest BCUT2D eigenvalue weighted by atomic mass is 35.5. The predicted molar refractivity (Wildman–Crippen MR) is 137 cm³/mol. The number of aromatic amines is 1. The van der Waals surface area contributed by atoms with E-state index in [4.69, 9.17) is 21.4 Å². The molecule has 4 aromatic rings. The number of hydrogen-bond donors (Lipinski definition) is 1. The van der Waals surface area contributed by atoms with Crippen molar-refractivity contribution in [2.75, 3.05) is 12.9 Å². The zero-order valence-electron chi connectivity index (χ0n) is 19.5. The number of hydrogen-bond acceptors (Lipinski definition) is 5. The molecule has 1 aliphatic rings. The van der Waals surface area contributed by atoms with Gasteiger partial charge in [-0.05, 0) is 42.5 Å². The van der Waals surface area contributed by atoms with Crippen LogP contribution in [0.2, 0.25) is 5.02 Å². The molecule has 2 aromatic carbocycles. The van der Waals surface area contributed by atoms with Gasteiger partial charge in [0.2, 0.25) is 0 Å². The molecule has 2 aromatic heterocycles. The van der Waals surface area contributed by atoms with E-state index in [9.17, 15) is 13.2 Å². The van der Waals surface area contributed by atoms with Gasteiger partial charge in [-0.25, -0.2) is 13.2 Å². The van der Waals surface area contributed by atoms with Crippen LogP contribution in [-0.2, 0) is 26.9 Å². The van der Waals surface area contributed by atoms with Gasteiger partial charge in [0.05, 0.1) is 30.1 Å². The number of carbonyl (C=O) groups is 1. The van der Waals surface area contributed by atoms with E-state index in [2.05, 4.69) is 17.1 Å². The molecule has 35 heavy (non-hydrogen) atoms. The summed E-state index contributed by atoms with van der Waals surface area (Å²) in [7, 11) is -3.24. The lowest BCUT2D eigenvalue weighted by atomic mass is 10.0. The van der Waals surface area contributed by atoms with E-state index in [0.29, 0.717) is 45.4 Å². The maximum atomic E-state index is 12.9. The van der Waals surface area contributed by atoms with Crippen LogP contribution < -0.4 is 0 Å². The minimum atomic E-state index is -3.24. The molecule has 182 valence electrons. The van der Waals surface area contributed by atoms with Crippen LogP contribution in [0.15, 0.2) is 48.5 Å². The summed E-state index contributed by atoms with van der Waals surface area (Å²) < 4.78 is 30.9. The van der Waals surface area contributed by atoms with Crippen LogP contribution in [0, 0.1) is 0 Å². The van der Waals surface area contributed by atoms with Crippen molar-refractivity contribution in [3.8, 4) is 11.1 Å². The third-order valence-electron chi connectivity index (χ3n) is 6.11. The molecule has 0 atom stereocenters. The number of esters is 1. The van der Waals surface area contributed by atoms with Gasteiger partial charge in [-0.1, -0.05) is 54.1 Å². The molecular weight excluding hydrogens is 486 g/mol. The van der Waals surface area contributed by atoms with Crippen LogP contribution in [0.25, 0.3) is 22.2 Å². The fourth-order valence-corrected chi connectivity index (χ4v) is 5.61. The molecule has 7 nitrogen and oxygen atoms in total. The van der Waals surface area contributed by atoms with E-state index in [1.807, 2.05) is 22.9 Å². The maximum absolute atomic E-state index is 12.9. The molecule has 1 N–H and O–H groups in total. The van der Waals surface area contributed by atoms with Crippen LogP contribution in [0.3, 0.4) is 0 Å². The van der Waals surface area contributed by atoms with Gasteiger partial charge in [0.1, 0.15) is 11.2 Å². The van der Waals surface area contributed by atoms with Gasteiger partial charge in [0, 0.05) is 22.8 Å². The molecule has 0 radical (unpaired) electrons. The summed E-state index contributed by atoms with van der Waals surface area (Å²) in [4.78, 5) is 16.2. The highest BCUT2D eigenvalue weighted by molar-refractivity contribution is 7.89. The number of nitrogens with one attached hydrogen (secondary N) is 1.